The third-order valence-electron chi connectivity index (χ3n) is 6.57. The van der Waals surface area contributed by atoms with E-state index in [2.05, 4.69) is 12.2 Å². The first-order valence-corrected chi connectivity index (χ1v) is 12.7. The zero-order chi connectivity index (χ0) is 22.6. The van der Waals surface area contributed by atoms with E-state index in [1.807, 2.05) is 6.92 Å². The van der Waals surface area contributed by atoms with Crippen LogP contribution in [0.4, 0.5) is 0 Å². The second-order valence-corrected chi connectivity index (χ2v) is 10.8. The van der Waals surface area contributed by atoms with Gasteiger partial charge < -0.3 is 10.1 Å². The number of amides is 1. The summed E-state index contributed by atoms with van der Waals surface area (Å²) >= 11 is 0. The summed E-state index contributed by atoms with van der Waals surface area (Å²) in [4.78, 5) is 25.0. The van der Waals surface area contributed by atoms with Crippen LogP contribution in [0.5, 0.6) is 0 Å². The second-order valence-electron chi connectivity index (χ2n) is 8.95. The van der Waals surface area contributed by atoms with Gasteiger partial charge in [-0.15, -0.1) is 0 Å². The lowest BCUT2D eigenvalue weighted by Crippen LogP contribution is -2.43. The fourth-order valence-corrected chi connectivity index (χ4v) is 6.26. The first kappa shape index (κ1) is 23.7. The topological polar surface area (TPSA) is 92.8 Å². The van der Waals surface area contributed by atoms with E-state index >= 15 is 0 Å². The number of esters is 1. The molecule has 1 aliphatic carbocycles. The molecule has 1 aliphatic heterocycles. The molecule has 1 N–H and O–H groups in total. The molecule has 1 aromatic rings. The lowest BCUT2D eigenvalue weighted by atomic mass is 9.86. The number of hydrogen-bond donors (Lipinski definition) is 1. The van der Waals surface area contributed by atoms with Crippen molar-refractivity contribution in [3.05, 3.63) is 29.3 Å². The number of nitrogens with one attached hydrogen (secondary N) is 1. The highest BCUT2D eigenvalue weighted by molar-refractivity contribution is 7.89. The predicted octanol–water partition coefficient (Wildman–Crippen LogP) is 3.41. The third-order valence-corrected chi connectivity index (χ3v) is 8.58. The molecule has 8 heteroatoms. The number of ether oxygens (including phenoxy) is 1. The van der Waals surface area contributed by atoms with Crippen molar-refractivity contribution in [1.29, 1.82) is 0 Å². The molecule has 3 rings (SSSR count). The Hall–Kier alpha value is -1.93. The van der Waals surface area contributed by atoms with E-state index in [-0.39, 0.29) is 35.1 Å². The summed E-state index contributed by atoms with van der Waals surface area (Å²) in [6, 6.07) is 4.56. The standard InChI is InChI=1S/C23H34N2O5S/c1-16-11-12-19(31(28,29)25-13-7-6-9-18(25)3)14-20(16)23(27)30-15-22(26)24-21-10-5-4-8-17(21)2/h11-12,14,17-18,21H,4-10,13,15H2,1-3H3,(H,24,26). The Bertz CT molecular complexity index is 915. The van der Waals surface area contributed by atoms with Gasteiger partial charge in [-0.1, -0.05) is 32.3 Å². The van der Waals surface area contributed by atoms with E-state index < -0.39 is 16.0 Å². The minimum Gasteiger partial charge on any atom is -0.452 e. The maximum atomic E-state index is 13.1. The van der Waals surface area contributed by atoms with Gasteiger partial charge in [0.25, 0.3) is 5.91 Å². The van der Waals surface area contributed by atoms with Gasteiger partial charge in [-0.2, -0.15) is 4.31 Å². The van der Waals surface area contributed by atoms with Crippen LogP contribution >= 0.6 is 0 Å². The summed E-state index contributed by atoms with van der Waals surface area (Å²) in [6.07, 6.45) is 6.96. The van der Waals surface area contributed by atoms with E-state index in [0.29, 0.717) is 18.0 Å². The van der Waals surface area contributed by atoms with Crippen molar-refractivity contribution in [1.82, 2.24) is 9.62 Å². The summed E-state index contributed by atoms with van der Waals surface area (Å²) < 4.78 is 33.0. The summed E-state index contributed by atoms with van der Waals surface area (Å²) in [5.41, 5.74) is 0.779. The normalized spacial score (nSPS) is 25.1. The van der Waals surface area contributed by atoms with Crippen molar-refractivity contribution in [3.8, 4) is 0 Å². The molecular formula is C23H34N2O5S. The number of carbonyl (C=O) groups is 2. The largest absolute Gasteiger partial charge is 0.452 e. The van der Waals surface area contributed by atoms with Crippen LogP contribution < -0.4 is 5.32 Å². The molecule has 0 bridgehead atoms. The summed E-state index contributed by atoms with van der Waals surface area (Å²) in [7, 11) is -3.69. The number of hydrogen-bond acceptors (Lipinski definition) is 5. The van der Waals surface area contributed by atoms with Crippen LogP contribution in [0, 0.1) is 12.8 Å². The van der Waals surface area contributed by atoms with Crippen LogP contribution in [0.15, 0.2) is 23.1 Å². The molecule has 172 valence electrons. The molecule has 3 unspecified atom stereocenters. The van der Waals surface area contributed by atoms with Crippen LogP contribution in [0.25, 0.3) is 0 Å². The highest BCUT2D eigenvalue weighted by atomic mass is 32.2. The van der Waals surface area contributed by atoms with E-state index in [4.69, 9.17) is 4.74 Å². The Balaban J connectivity index is 1.66. The zero-order valence-electron chi connectivity index (χ0n) is 18.7. The lowest BCUT2D eigenvalue weighted by Gasteiger charge is -2.32. The Labute approximate surface area is 185 Å². The molecule has 0 radical (unpaired) electrons. The molecule has 1 saturated carbocycles. The van der Waals surface area contributed by atoms with Crippen molar-refractivity contribution in [2.75, 3.05) is 13.2 Å². The number of piperidine rings is 1. The molecule has 1 aromatic carbocycles. The number of aryl methyl sites for hydroxylation is 1. The fourth-order valence-electron chi connectivity index (χ4n) is 4.53. The van der Waals surface area contributed by atoms with Gasteiger partial charge in [0.05, 0.1) is 10.5 Å². The van der Waals surface area contributed by atoms with Gasteiger partial charge in [0, 0.05) is 18.6 Å². The van der Waals surface area contributed by atoms with Gasteiger partial charge in [0.1, 0.15) is 0 Å². The highest BCUT2D eigenvalue weighted by Crippen LogP contribution is 2.27. The third kappa shape index (κ3) is 5.66. The number of benzene rings is 1. The molecule has 1 heterocycles. The Morgan fingerprint density at radius 3 is 2.52 bits per heavy atom. The molecule has 3 atom stereocenters. The minimum atomic E-state index is -3.69. The van der Waals surface area contributed by atoms with Gasteiger partial charge in [0.15, 0.2) is 6.61 Å². The van der Waals surface area contributed by atoms with Crippen LogP contribution in [-0.2, 0) is 19.6 Å². The summed E-state index contributed by atoms with van der Waals surface area (Å²) in [5, 5.41) is 2.95. The highest BCUT2D eigenvalue weighted by Gasteiger charge is 2.32. The number of sulfonamides is 1. The second kappa shape index (κ2) is 10.1. The summed E-state index contributed by atoms with van der Waals surface area (Å²) in [5.74, 6) is -0.599. The lowest BCUT2D eigenvalue weighted by molar-refractivity contribution is -0.125. The van der Waals surface area contributed by atoms with Crippen molar-refractivity contribution in [3.63, 3.8) is 0 Å². The molecule has 2 aliphatic rings. The Morgan fingerprint density at radius 1 is 1.10 bits per heavy atom. The number of rotatable bonds is 6. The van der Waals surface area contributed by atoms with Crippen LogP contribution in [-0.4, -0.2) is 49.8 Å². The van der Waals surface area contributed by atoms with E-state index in [0.717, 1.165) is 38.5 Å². The monoisotopic (exact) mass is 450 g/mol. The molecule has 7 nitrogen and oxygen atoms in total. The van der Waals surface area contributed by atoms with Crippen molar-refractivity contribution in [2.24, 2.45) is 5.92 Å². The van der Waals surface area contributed by atoms with E-state index in [9.17, 15) is 18.0 Å². The number of nitrogens with zero attached hydrogens (tertiary/aromatic N) is 1. The van der Waals surface area contributed by atoms with Crippen LogP contribution in [0.2, 0.25) is 0 Å². The molecule has 2 fully saturated rings. The molecule has 1 amide bonds. The fraction of sp³-hybridized carbons (Fsp3) is 0.652. The summed E-state index contributed by atoms with van der Waals surface area (Å²) in [6.45, 7) is 5.86. The van der Waals surface area contributed by atoms with Crippen LogP contribution in [0.1, 0.15) is 74.7 Å². The van der Waals surface area contributed by atoms with Crippen LogP contribution in [0.3, 0.4) is 0 Å². The molecule has 0 aromatic heterocycles. The minimum absolute atomic E-state index is 0.0682. The van der Waals surface area contributed by atoms with Gasteiger partial charge in [-0.25, -0.2) is 13.2 Å². The average molecular weight is 451 g/mol. The first-order chi connectivity index (χ1) is 14.7. The molecule has 1 saturated heterocycles. The number of carbonyl (C=O) groups excluding carboxylic acids is 2. The quantitative estimate of drug-likeness (QED) is 0.671. The van der Waals surface area contributed by atoms with E-state index in [1.54, 1.807) is 13.0 Å². The van der Waals surface area contributed by atoms with E-state index in [1.165, 1.54) is 22.9 Å². The van der Waals surface area contributed by atoms with Gasteiger partial charge >= 0.3 is 5.97 Å². The molecule has 31 heavy (non-hydrogen) atoms. The SMILES string of the molecule is Cc1ccc(S(=O)(=O)N2CCCCC2C)cc1C(=O)OCC(=O)NC1CCCCC1C. The Morgan fingerprint density at radius 2 is 1.81 bits per heavy atom. The first-order valence-electron chi connectivity index (χ1n) is 11.3. The average Bonchev–Trinajstić information content (AvgIpc) is 2.74. The van der Waals surface area contributed by atoms with Crippen molar-refractivity contribution >= 4 is 21.9 Å². The van der Waals surface area contributed by atoms with Crippen molar-refractivity contribution < 1.29 is 22.7 Å². The Kier molecular flexibility index (Phi) is 7.75. The molecular weight excluding hydrogens is 416 g/mol. The van der Waals surface area contributed by atoms with Gasteiger partial charge in [-0.05, 0) is 63.1 Å². The molecule has 0 spiro atoms. The maximum Gasteiger partial charge on any atom is 0.338 e. The smallest absolute Gasteiger partial charge is 0.338 e. The zero-order valence-corrected chi connectivity index (χ0v) is 19.5. The van der Waals surface area contributed by atoms with Crippen molar-refractivity contribution in [2.45, 2.75) is 82.7 Å². The predicted molar refractivity (Wildman–Crippen MR) is 118 cm³/mol. The van der Waals surface area contributed by atoms with Gasteiger partial charge in [0.2, 0.25) is 10.0 Å². The maximum absolute atomic E-state index is 13.1. The van der Waals surface area contributed by atoms with Gasteiger partial charge in [-0.3, -0.25) is 4.79 Å².